The number of sulfonamides is 1. The van der Waals surface area contributed by atoms with Gasteiger partial charge in [0.1, 0.15) is 4.60 Å². The van der Waals surface area contributed by atoms with Crippen molar-refractivity contribution in [1.82, 2.24) is 4.98 Å². The highest BCUT2D eigenvalue weighted by atomic mass is 79.9. The summed E-state index contributed by atoms with van der Waals surface area (Å²) in [7, 11) is -3.33. The molecule has 0 fully saturated rings. The maximum atomic E-state index is 11.2. The summed E-state index contributed by atoms with van der Waals surface area (Å²) in [6, 6.07) is 3.27. The van der Waals surface area contributed by atoms with E-state index in [4.69, 9.17) is 11.6 Å². The third-order valence-electron chi connectivity index (χ3n) is 1.35. The zero-order chi connectivity index (χ0) is 10.6. The zero-order valence-electron chi connectivity index (χ0n) is 7.07. The number of rotatable bonds is 4. The second-order valence-corrected chi connectivity index (χ2v) is 5.51. The normalized spacial score (nSPS) is 11.3. The number of hydrogen-bond donors (Lipinski definition) is 1. The molecule has 0 spiro atoms. The lowest BCUT2D eigenvalue weighted by Gasteiger charge is -2.05. The SMILES string of the molecule is O=S(=O)(CCCl)Nc1ccc(Br)nc1. The number of pyridine rings is 1. The van der Waals surface area contributed by atoms with Crippen LogP contribution in [0.5, 0.6) is 0 Å². The smallest absolute Gasteiger partial charge is 0.233 e. The van der Waals surface area contributed by atoms with Crippen LogP contribution >= 0.6 is 27.5 Å². The highest BCUT2D eigenvalue weighted by Crippen LogP contribution is 2.11. The van der Waals surface area contributed by atoms with Crippen LogP contribution in [0.1, 0.15) is 0 Å². The maximum Gasteiger partial charge on any atom is 0.233 e. The monoisotopic (exact) mass is 298 g/mol. The van der Waals surface area contributed by atoms with Crippen molar-refractivity contribution >= 4 is 43.2 Å². The van der Waals surface area contributed by atoms with E-state index in [1.807, 2.05) is 0 Å². The average molecular weight is 300 g/mol. The third kappa shape index (κ3) is 3.81. The summed E-state index contributed by atoms with van der Waals surface area (Å²) in [4.78, 5) is 3.88. The van der Waals surface area contributed by atoms with Gasteiger partial charge < -0.3 is 0 Å². The summed E-state index contributed by atoms with van der Waals surface area (Å²) in [5, 5.41) is 0. The number of alkyl halides is 1. The van der Waals surface area contributed by atoms with Crippen LogP contribution < -0.4 is 4.72 Å². The van der Waals surface area contributed by atoms with Crippen molar-refractivity contribution in [2.75, 3.05) is 16.4 Å². The lowest BCUT2D eigenvalue weighted by Crippen LogP contribution is -2.17. The Balaban J connectivity index is 2.74. The van der Waals surface area contributed by atoms with Gasteiger partial charge in [-0.3, -0.25) is 4.72 Å². The van der Waals surface area contributed by atoms with Gasteiger partial charge in [-0.05, 0) is 28.1 Å². The van der Waals surface area contributed by atoms with Crippen molar-refractivity contribution in [2.45, 2.75) is 0 Å². The summed E-state index contributed by atoms with van der Waals surface area (Å²) in [5.74, 6) is -0.0378. The molecule has 1 N–H and O–H groups in total. The van der Waals surface area contributed by atoms with Crippen LogP contribution in [0.4, 0.5) is 5.69 Å². The van der Waals surface area contributed by atoms with Crippen molar-refractivity contribution in [2.24, 2.45) is 0 Å². The molecule has 0 atom stereocenters. The van der Waals surface area contributed by atoms with Crippen molar-refractivity contribution in [3.63, 3.8) is 0 Å². The molecule has 4 nitrogen and oxygen atoms in total. The van der Waals surface area contributed by atoms with E-state index in [0.29, 0.717) is 10.3 Å². The van der Waals surface area contributed by atoms with E-state index in [1.165, 1.54) is 6.20 Å². The fourth-order valence-corrected chi connectivity index (χ4v) is 2.40. The van der Waals surface area contributed by atoms with Gasteiger partial charge in [0.25, 0.3) is 0 Å². The fraction of sp³-hybridized carbons (Fsp3) is 0.286. The van der Waals surface area contributed by atoms with Crippen molar-refractivity contribution in [3.8, 4) is 0 Å². The van der Waals surface area contributed by atoms with E-state index in [9.17, 15) is 8.42 Å². The van der Waals surface area contributed by atoms with E-state index in [-0.39, 0.29) is 11.6 Å². The Bertz CT molecular complexity index is 393. The highest BCUT2D eigenvalue weighted by molar-refractivity contribution is 9.10. The molecule has 0 amide bonds. The van der Waals surface area contributed by atoms with E-state index >= 15 is 0 Å². The summed E-state index contributed by atoms with van der Waals surface area (Å²) in [6.45, 7) is 0. The van der Waals surface area contributed by atoms with Crippen LogP contribution in [0.15, 0.2) is 22.9 Å². The van der Waals surface area contributed by atoms with E-state index in [2.05, 4.69) is 25.6 Å². The van der Waals surface area contributed by atoms with Crippen LogP contribution in [0.2, 0.25) is 0 Å². The molecule has 0 aliphatic carbocycles. The summed E-state index contributed by atoms with van der Waals surface area (Å²) in [5.41, 5.74) is 0.429. The molecule has 78 valence electrons. The van der Waals surface area contributed by atoms with Crippen LogP contribution in [0.3, 0.4) is 0 Å². The Labute approximate surface area is 95.9 Å². The predicted octanol–water partition coefficient (Wildman–Crippen LogP) is 1.82. The number of nitrogens with one attached hydrogen (secondary N) is 1. The molecule has 0 saturated heterocycles. The third-order valence-corrected chi connectivity index (χ3v) is 3.52. The van der Waals surface area contributed by atoms with Gasteiger partial charge in [-0.1, -0.05) is 0 Å². The van der Waals surface area contributed by atoms with Crippen molar-refractivity contribution in [3.05, 3.63) is 22.9 Å². The van der Waals surface area contributed by atoms with Gasteiger partial charge in [0.05, 0.1) is 17.6 Å². The predicted molar refractivity (Wildman–Crippen MR) is 60.1 cm³/mol. The van der Waals surface area contributed by atoms with Gasteiger partial charge in [-0.15, -0.1) is 11.6 Å². The first kappa shape index (κ1) is 11.7. The number of halogens is 2. The molecule has 1 aromatic heterocycles. The van der Waals surface area contributed by atoms with Crippen LogP contribution in [0.25, 0.3) is 0 Å². The number of nitrogens with zero attached hydrogens (tertiary/aromatic N) is 1. The Morgan fingerprint density at radius 2 is 2.21 bits per heavy atom. The standard InChI is InChI=1S/C7H8BrClN2O2S/c8-7-2-1-6(5-10-7)11-14(12,13)4-3-9/h1-2,5,11H,3-4H2. The van der Waals surface area contributed by atoms with Crippen molar-refractivity contribution < 1.29 is 8.42 Å². The molecule has 0 aromatic carbocycles. The van der Waals surface area contributed by atoms with Gasteiger partial charge in [0.2, 0.25) is 10.0 Å². The maximum absolute atomic E-state index is 11.2. The summed E-state index contributed by atoms with van der Waals surface area (Å²) < 4.78 is 25.5. The number of hydrogen-bond acceptors (Lipinski definition) is 3. The highest BCUT2D eigenvalue weighted by Gasteiger charge is 2.08. The van der Waals surface area contributed by atoms with Crippen LogP contribution in [-0.4, -0.2) is 25.0 Å². The Kier molecular flexibility index (Phi) is 4.15. The van der Waals surface area contributed by atoms with Gasteiger partial charge in [-0.2, -0.15) is 0 Å². The quantitative estimate of drug-likeness (QED) is 0.681. The second kappa shape index (κ2) is 4.95. The lowest BCUT2D eigenvalue weighted by molar-refractivity contribution is 0.602. The molecule has 0 radical (unpaired) electrons. The van der Waals surface area contributed by atoms with Gasteiger partial charge >= 0.3 is 0 Å². The van der Waals surface area contributed by atoms with Gasteiger partial charge in [0.15, 0.2) is 0 Å². The summed E-state index contributed by atoms with van der Waals surface area (Å²) >= 11 is 8.48. The topological polar surface area (TPSA) is 59.1 Å². The molecule has 1 heterocycles. The molecule has 14 heavy (non-hydrogen) atoms. The van der Waals surface area contributed by atoms with E-state index in [0.717, 1.165) is 0 Å². The van der Waals surface area contributed by atoms with Gasteiger partial charge in [0, 0.05) is 5.88 Å². The zero-order valence-corrected chi connectivity index (χ0v) is 10.2. The molecule has 7 heteroatoms. The van der Waals surface area contributed by atoms with Crippen molar-refractivity contribution in [1.29, 1.82) is 0 Å². The molecule has 0 saturated carbocycles. The molecule has 0 aliphatic heterocycles. The minimum absolute atomic E-state index is 0.0687. The minimum Gasteiger partial charge on any atom is -0.282 e. The number of anilines is 1. The molecule has 0 aliphatic rings. The Hall–Kier alpha value is -0.330. The average Bonchev–Trinajstić information content (AvgIpc) is 2.08. The molecular formula is C7H8BrClN2O2S. The first-order valence-electron chi connectivity index (χ1n) is 3.71. The summed E-state index contributed by atoms with van der Waals surface area (Å²) in [6.07, 6.45) is 1.43. The minimum atomic E-state index is -3.33. The molecule has 0 unspecified atom stereocenters. The first-order chi connectivity index (χ1) is 6.53. The molecular weight excluding hydrogens is 292 g/mol. The van der Waals surface area contributed by atoms with Gasteiger partial charge in [-0.25, -0.2) is 13.4 Å². The molecule has 1 aromatic rings. The van der Waals surface area contributed by atoms with Crippen LogP contribution in [-0.2, 0) is 10.0 Å². The second-order valence-electron chi connectivity index (χ2n) is 2.48. The lowest BCUT2D eigenvalue weighted by atomic mass is 10.4. The van der Waals surface area contributed by atoms with E-state index < -0.39 is 10.0 Å². The Morgan fingerprint density at radius 1 is 1.50 bits per heavy atom. The fourth-order valence-electron chi connectivity index (χ4n) is 0.768. The number of aromatic nitrogens is 1. The van der Waals surface area contributed by atoms with E-state index in [1.54, 1.807) is 12.1 Å². The first-order valence-corrected chi connectivity index (χ1v) is 6.69. The molecule has 1 rings (SSSR count). The molecule has 0 bridgehead atoms. The Morgan fingerprint density at radius 3 is 2.71 bits per heavy atom. The largest absolute Gasteiger partial charge is 0.282 e. The van der Waals surface area contributed by atoms with Crippen LogP contribution in [0, 0.1) is 0 Å².